The van der Waals surface area contributed by atoms with Crippen LogP contribution in [0, 0.1) is 0 Å². The Kier molecular flexibility index (Phi) is 4.09. The number of ether oxygens (including phenoxy) is 1. The number of hydrogen-bond donors (Lipinski definition) is 3. The molecule has 4 nitrogen and oxygen atoms in total. The number of nitrogens with one attached hydrogen (secondary N) is 1. The van der Waals surface area contributed by atoms with Crippen LogP contribution in [-0.4, -0.2) is 29.0 Å². The predicted molar refractivity (Wildman–Crippen MR) is 69.8 cm³/mol. The van der Waals surface area contributed by atoms with Gasteiger partial charge in [-0.25, -0.2) is 0 Å². The highest BCUT2D eigenvalue weighted by molar-refractivity contribution is 5.44. The molecule has 0 aliphatic carbocycles. The third-order valence-corrected chi connectivity index (χ3v) is 3.46. The van der Waals surface area contributed by atoms with Gasteiger partial charge in [-0.1, -0.05) is 6.07 Å². The first-order chi connectivity index (χ1) is 8.58. The first-order valence-electron chi connectivity index (χ1n) is 6.46. The van der Waals surface area contributed by atoms with Crippen molar-refractivity contribution in [1.82, 2.24) is 5.32 Å². The first-order valence-corrected chi connectivity index (χ1v) is 6.46. The highest BCUT2D eigenvalue weighted by Gasteiger charge is 2.23. The number of benzene rings is 1. The molecule has 0 aromatic heterocycles. The predicted octanol–water partition coefficient (Wildman–Crippen LogP) is 2.32. The van der Waals surface area contributed by atoms with Crippen LogP contribution < -0.4 is 5.32 Å². The molecule has 0 saturated carbocycles. The van der Waals surface area contributed by atoms with E-state index in [1.807, 2.05) is 6.92 Å². The number of hydrogen-bond acceptors (Lipinski definition) is 4. The van der Waals surface area contributed by atoms with E-state index in [9.17, 15) is 10.2 Å². The van der Waals surface area contributed by atoms with Gasteiger partial charge in [0.05, 0.1) is 11.7 Å². The molecular formula is C14H21NO3. The van der Waals surface area contributed by atoms with Gasteiger partial charge in [0, 0.05) is 18.7 Å². The highest BCUT2D eigenvalue weighted by Crippen LogP contribution is 2.33. The van der Waals surface area contributed by atoms with Crippen molar-refractivity contribution in [2.75, 3.05) is 6.61 Å². The Balaban J connectivity index is 2.05. The van der Waals surface area contributed by atoms with E-state index in [-0.39, 0.29) is 23.6 Å². The van der Waals surface area contributed by atoms with Gasteiger partial charge >= 0.3 is 0 Å². The lowest BCUT2D eigenvalue weighted by molar-refractivity contribution is 0.0115. The molecule has 18 heavy (non-hydrogen) atoms. The Morgan fingerprint density at radius 1 is 1.33 bits per heavy atom. The third kappa shape index (κ3) is 2.94. The second-order valence-electron chi connectivity index (χ2n) is 5.00. The lowest BCUT2D eigenvalue weighted by atomic mass is 10.00. The van der Waals surface area contributed by atoms with Crippen molar-refractivity contribution in [3.63, 3.8) is 0 Å². The normalized spacial score (nSPS) is 25.9. The van der Waals surface area contributed by atoms with Gasteiger partial charge in [0.25, 0.3) is 0 Å². The molecule has 3 atom stereocenters. The largest absolute Gasteiger partial charge is 0.507 e. The van der Waals surface area contributed by atoms with Crippen molar-refractivity contribution in [2.24, 2.45) is 0 Å². The first kappa shape index (κ1) is 13.2. The fraction of sp³-hybridized carbons (Fsp3) is 0.571. The number of aromatic hydroxyl groups is 2. The summed E-state index contributed by atoms with van der Waals surface area (Å²) in [7, 11) is 0. The van der Waals surface area contributed by atoms with E-state index < -0.39 is 0 Å². The maximum atomic E-state index is 9.82. The van der Waals surface area contributed by atoms with Gasteiger partial charge in [-0.15, -0.1) is 0 Å². The SMILES string of the molecule is CC1CC(NC(C)c2c(O)cccc2O)CCO1. The molecule has 0 radical (unpaired) electrons. The molecule has 0 amide bonds. The molecule has 1 aromatic carbocycles. The molecule has 100 valence electrons. The van der Waals surface area contributed by atoms with Crippen LogP contribution in [0.25, 0.3) is 0 Å². The van der Waals surface area contributed by atoms with E-state index in [1.54, 1.807) is 18.2 Å². The molecule has 1 heterocycles. The zero-order valence-electron chi connectivity index (χ0n) is 10.9. The van der Waals surface area contributed by atoms with E-state index in [0.717, 1.165) is 19.4 Å². The number of phenols is 2. The molecule has 1 aromatic rings. The van der Waals surface area contributed by atoms with Crippen LogP contribution in [0.3, 0.4) is 0 Å². The summed E-state index contributed by atoms with van der Waals surface area (Å²) < 4.78 is 5.50. The zero-order valence-corrected chi connectivity index (χ0v) is 10.9. The van der Waals surface area contributed by atoms with Crippen LogP contribution in [-0.2, 0) is 4.74 Å². The van der Waals surface area contributed by atoms with E-state index in [2.05, 4.69) is 12.2 Å². The van der Waals surface area contributed by atoms with Gasteiger partial charge < -0.3 is 20.3 Å². The highest BCUT2D eigenvalue weighted by atomic mass is 16.5. The zero-order chi connectivity index (χ0) is 13.1. The van der Waals surface area contributed by atoms with E-state index in [0.29, 0.717) is 11.6 Å². The topological polar surface area (TPSA) is 61.7 Å². The summed E-state index contributed by atoms with van der Waals surface area (Å²) in [4.78, 5) is 0. The Bertz CT molecular complexity index is 388. The number of phenolic OH excluding ortho intramolecular Hbond substituents is 2. The van der Waals surface area contributed by atoms with Crippen molar-refractivity contribution in [3.05, 3.63) is 23.8 Å². The van der Waals surface area contributed by atoms with Crippen molar-refractivity contribution in [1.29, 1.82) is 0 Å². The van der Waals surface area contributed by atoms with Gasteiger partial charge in [-0.2, -0.15) is 0 Å². The second kappa shape index (κ2) is 5.59. The smallest absolute Gasteiger partial charge is 0.124 e. The van der Waals surface area contributed by atoms with Crippen LogP contribution in [0.1, 0.15) is 38.3 Å². The lowest BCUT2D eigenvalue weighted by Crippen LogP contribution is -2.39. The summed E-state index contributed by atoms with van der Waals surface area (Å²) in [6.07, 6.45) is 2.18. The van der Waals surface area contributed by atoms with E-state index in [4.69, 9.17) is 4.74 Å². The molecule has 1 aliphatic rings. The Morgan fingerprint density at radius 2 is 2.00 bits per heavy atom. The molecule has 0 bridgehead atoms. The van der Waals surface area contributed by atoms with Gasteiger partial charge in [0.15, 0.2) is 0 Å². The maximum Gasteiger partial charge on any atom is 0.124 e. The lowest BCUT2D eigenvalue weighted by Gasteiger charge is -2.30. The molecule has 0 spiro atoms. The molecule has 3 N–H and O–H groups in total. The van der Waals surface area contributed by atoms with Crippen LogP contribution in [0.5, 0.6) is 11.5 Å². The molecule has 1 fully saturated rings. The average molecular weight is 251 g/mol. The Morgan fingerprint density at radius 3 is 2.61 bits per heavy atom. The minimum absolute atomic E-state index is 0.0819. The second-order valence-corrected chi connectivity index (χ2v) is 5.00. The summed E-state index contributed by atoms with van der Waals surface area (Å²) in [6.45, 7) is 4.78. The molecule has 1 aliphatic heterocycles. The summed E-state index contributed by atoms with van der Waals surface area (Å²) in [5, 5.41) is 23.1. The monoisotopic (exact) mass is 251 g/mol. The molecule has 3 unspecified atom stereocenters. The summed E-state index contributed by atoms with van der Waals surface area (Å²) in [6, 6.07) is 5.11. The fourth-order valence-electron chi connectivity index (χ4n) is 2.57. The van der Waals surface area contributed by atoms with Crippen LogP contribution >= 0.6 is 0 Å². The summed E-state index contributed by atoms with van der Waals surface area (Å²) in [5.41, 5.74) is 0.566. The Hall–Kier alpha value is -1.26. The Labute approximate surface area is 108 Å². The van der Waals surface area contributed by atoms with Crippen molar-refractivity contribution in [2.45, 2.75) is 44.9 Å². The van der Waals surface area contributed by atoms with Crippen molar-refractivity contribution < 1.29 is 14.9 Å². The number of rotatable bonds is 3. The van der Waals surface area contributed by atoms with E-state index >= 15 is 0 Å². The van der Waals surface area contributed by atoms with Gasteiger partial charge in [-0.05, 0) is 38.8 Å². The minimum Gasteiger partial charge on any atom is -0.507 e. The maximum absolute atomic E-state index is 9.82. The van der Waals surface area contributed by atoms with Crippen molar-refractivity contribution in [3.8, 4) is 11.5 Å². The molecule has 2 rings (SSSR count). The standard InChI is InChI=1S/C14H21NO3/c1-9-8-11(6-7-18-9)15-10(2)14-12(16)4-3-5-13(14)17/h3-5,9-11,15-17H,6-8H2,1-2H3. The quantitative estimate of drug-likeness (QED) is 0.771. The minimum atomic E-state index is -0.0819. The van der Waals surface area contributed by atoms with Crippen molar-refractivity contribution >= 4 is 0 Å². The summed E-state index contributed by atoms with van der Waals surface area (Å²) in [5.74, 6) is 0.269. The average Bonchev–Trinajstić information content (AvgIpc) is 2.28. The van der Waals surface area contributed by atoms with Crippen LogP contribution in [0.2, 0.25) is 0 Å². The molecular weight excluding hydrogens is 230 g/mol. The van der Waals surface area contributed by atoms with Crippen LogP contribution in [0.15, 0.2) is 18.2 Å². The molecule has 1 saturated heterocycles. The molecule has 4 heteroatoms. The van der Waals surface area contributed by atoms with E-state index in [1.165, 1.54) is 0 Å². The summed E-state index contributed by atoms with van der Waals surface area (Å²) >= 11 is 0. The van der Waals surface area contributed by atoms with Gasteiger partial charge in [0.2, 0.25) is 0 Å². The fourth-order valence-corrected chi connectivity index (χ4v) is 2.57. The van der Waals surface area contributed by atoms with Gasteiger partial charge in [0.1, 0.15) is 11.5 Å². The third-order valence-electron chi connectivity index (χ3n) is 3.46. The van der Waals surface area contributed by atoms with Crippen LogP contribution in [0.4, 0.5) is 0 Å². The van der Waals surface area contributed by atoms with Gasteiger partial charge in [-0.3, -0.25) is 0 Å².